The fourth-order valence-corrected chi connectivity index (χ4v) is 2.33. The summed E-state index contributed by atoms with van der Waals surface area (Å²) in [4.78, 5) is 18.8. The lowest BCUT2D eigenvalue weighted by atomic mass is 10.1. The maximum Gasteiger partial charge on any atom is 0.254 e. The van der Waals surface area contributed by atoms with Gasteiger partial charge < -0.3 is 14.7 Å². The van der Waals surface area contributed by atoms with Crippen LogP contribution in [0.5, 0.6) is 0 Å². The fraction of sp³-hybridized carbons (Fsp3) is 0.533. The van der Waals surface area contributed by atoms with Gasteiger partial charge in [0.15, 0.2) is 0 Å². The van der Waals surface area contributed by atoms with E-state index in [9.17, 15) is 4.79 Å². The molecule has 19 heavy (non-hydrogen) atoms. The zero-order chi connectivity index (χ0) is 14.0. The van der Waals surface area contributed by atoms with Gasteiger partial charge in [-0.3, -0.25) is 4.79 Å². The van der Waals surface area contributed by atoms with E-state index in [4.69, 9.17) is 0 Å². The van der Waals surface area contributed by atoms with Crippen molar-refractivity contribution in [1.29, 1.82) is 0 Å². The summed E-state index contributed by atoms with van der Waals surface area (Å²) in [6.07, 6.45) is 0. The number of anilines is 1. The Hall–Kier alpha value is -1.55. The van der Waals surface area contributed by atoms with Crippen molar-refractivity contribution in [3.05, 3.63) is 29.8 Å². The Labute approximate surface area is 115 Å². The topological polar surface area (TPSA) is 26.8 Å². The predicted molar refractivity (Wildman–Crippen MR) is 78.8 cm³/mol. The van der Waals surface area contributed by atoms with Crippen molar-refractivity contribution in [1.82, 2.24) is 9.80 Å². The molecule has 1 aromatic rings. The molecule has 0 bridgehead atoms. The molecule has 4 heteroatoms. The molecule has 1 amide bonds. The van der Waals surface area contributed by atoms with Crippen LogP contribution in [0.3, 0.4) is 0 Å². The standard InChI is InChI=1S/C15H23N3O/c1-12-11-18(9-8-17(12)4)15(19)13-6-5-7-14(10-13)16(2)3/h5-7,10,12H,8-9,11H2,1-4H3. The van der Waals surface area contributed by atoms with E-state index in [0.717, 1.165) is 30.9 Å². The van der Waals surface area contributed by atoms with Crippen LogP contribution in [0.15, 0.2) is 24.3 Å². The third-order valence-corrected chi connectivity index (χ3v) is 3.86. The van der Waals surface area contributed by atoms with Gasteiger partial charge in [0.2, 0.25) is 0 Å². The molecule has 1 atom stereocenters. The van der Waals surface area contributed by atoms with Crippen LogP contribution < -0.4 is 4.90 Å². The minimum atomic E-state index is 0.142. The molecule has 1 fully saturated rings. The molecule has 1 aromatic carbocycles. The number of benzene rings is 1. The molecule has 1 aliphatic rings. The van der Waals surface area contributed by atoms with Crippen LogP contribution in [0.25, 0.3) is 0 Å². The summed E-state index contributed by atoms with van der Waals surface area (Å²) in [6, 6.07) is 8.25. The summed E-state index contributed by atoms with van der Waals surface area (Å²) in [5.41, 5.74) is 1.84. The fourth-order valence-electron chi connectivity index (χ4n) is 2.33. The quantitative estimate of drug-likeness (QED) is 0.808. The number of likely N-dealkylation sites (N-methyl/N-ethyl adjacent to an activating group) is 1. The van der Waals surface area contributed by atoms with Crippen molar-refractivity contribution >= 4 is 11.6 Å². The number of hydrogen-bond acceptors (Lipinski definition) is 3. The van der Waals surface area contributed by atoms with Crippen LogP contribution in [0.2, 0.25) is 0 Å². The highest BCUT2D eigenvalue weighted by Crippen LogP contribution is 2.17. The van der Waals surface area contributed by atoms with Crippen molar-refractivity contribution in [2.45, 2.75) is 13.0 Å². The van der Waals surface area contributed by atoms with E-state index < -0.39 is 0 Å². The van der Waals surface area contributed by atoms with Crippen LogP contribution in [0.1, 0.15) is 17.3 Å². The summed E-state index contributed by atoms with van der Waals surface area (Å²) in [5, 5.41) is 0. The summed E-state index contributed by atoms with van der Waals surface area (Å²) in [6.45, 7) is 4.73. The number of piperazine rings is 1. The first-order valence-electron chi connectivity index (χ1n) is 6.76. The maximum atomic E-state index is 12.5. The molecule has 1 aliphatic heterocycles. The lowest BCUT2D eigenvalue weighted by Crippen LogP contribution is -2.52. The summed E-state index contributed by atoms with van der Waals surface area (Å²) < 4.78 is 0. The number of amides is 1. The number of hydrogen-bond donors (Lipinski definition) is 0. The molecule has 0 aromatic heterocycles. The Kier molecular flexibility index (Phi) is 4.10. The number of carbonyl (C=O) groups excluding carboxylic acids is 1. The SMILES string of the molecule is CC1CN(C(=O)c2cccc(N(C)C)c2)CCN1C. The van der Waals surface area contributed by atoms with Gasteiger partial charge in [0.1, 0.15) is 0 Å². The first-order chi connectivity index (χ1) is 8.99. The smallest absolute Gasteiger partial charge is 0.254 e. The largest absolute Gasteiger partial charge is 0.378 e. The third kappa shape index (κ3) is 3.07. The number of carbonyl (C=O) groups is 1. The van der Waals surface area contributed by atoms with Crippen LogP contribution in [-0.4, -0.2) is 62.5 Å². The lowest BCUT2D eigenvalue weighted by molar-refractivity contribution is 0.0572. The van der Waals surface area contributed by atoms with E-state index in [1.54, 1.807) is 0 Å². The molecular formula is C15H23N3O. The Balaban J connectivity index is 2.13. The monoisotopic (exact) mass is 261 g/mol. The zero-order valence-corrected chi connectivity index (χ0v) is 12.3. The second-order valence-electron chi connectivity index (χ2n) is 5.53. The summed E-state index contributed by atoms with van der Waals surface area (Å²) >= 11 is 0. The lowest BCUT2D eigenvalue weighted by Gasteiger charge is -2.37. The molecule has 1 heterocycles. The molecule has 4 nitrogen and oxygen atoms in total. The van der Waals surface area contributed by atoms with Crippen LogP contribution in [0.4, 0.5) is 5.69 Å². The van der Waals surface area contributed by atoms with Gasteiger partial charge in [-0.25, -0.2) is 0 Å². The molecule has 0 N–H and O–H groups in total. The maximum absolute atomic E-state index is 12.5. The van der Waals surface area contributed by atoms with Crippen molar-refractivity contribution in [3.63, 3.8) is 0 Å². The van der Waals surface area contributed by atoms with Crippen LogP contribution in [-0.2, 0) is 0 Å². The first-order valence-corrected chi connectivity index (χ1v) is 6.76. The molecule has 0 spiro atoms. The van der Waals surface area contributed by atoms with E-state index in [1.807, 2.05) is 48.2 Å². The zero-order valence-electron chi connectivity index (χ0n) is 12.3. The van der Waals surface area contributed by atoms with Crippen molar-refractivity contribution in [2.75, 3.05) is 45.7 Å². The van der Waals surface area contributed by atoms with E-state index in [-0.39, 0.29) is 5.91 Å². The average molecular weight is 261 g/mol. The Morgan fingerprint density at radius 3 is 2.68 bits per heavy atom. The molecule has 0 aliphatic carbocycles. The third-order valence-electron chi connectivity index (χ3n) is 3.86. The van der Waals surface area contributed by atoms with Gasteiger partial charge in [-0.05, 0) is 32.2 Å². The van der Waals surface area contributed by atoms with Gasteiger partial charge in [-0.15, -0.1) is 0 Å². The van der Waals surface area contributed by atoms with Crippen LogP contribution >= 0.6 is 0 Å². The van der Waals surface area contributed by atoms with Gasteiger partial charge in [-0.2, -0.15) is 0 Å². The summed E-state index contributed by atoms with van der Waals surface area (Å²) in [7, 11) is 6.09. The van der Waals surface area contributed by atoms with E-state index in [1.165, 1.54) is 0 Å². The molecule has 2 rings (SSSR count). The number of nitrogens with zero attached hydrogens (tertiary/aromatic N) is 3. The van der Waals surface area contributed by atoms with Gasteiger partial charge in [0.05, 0.1) is 0 Å². The highest BCUT2D eigenvalue weighted by molar-refractivity contribution is 5.95. The van der Waals surface area contributed by atoms with E-state index in [2.05, 4.69) is 18.9 Å². The van der Waals surface area contributed by atoms with Gasteiger partial charge in [0.25, 0.3) is 5.91 Å². The molecule has 1 saturated heterocycles. The highest BCUT2D eigenvalue weighted by atomic mass is 16.2. The molecule has 0 saturated carbocycles. The Morgan fingerprint density at radius 2 is 2.05 bits per heavy atom. The Morgan fingerprint density at radius 1 is 1.32 bits per heavy atom. The highest BCUT2D eigenvalue weighted by Gasteiger charge is 2.25. The van der Waals surface area contributed by atoms with Crippen molar-refractivity contribution < 1.29 is 4.79 Å². The predicted octanol–water partition coefficient (Wildman–Crippen LogP) is 1.53. The average Bonchev–Trinajstić information content (AvgIpc) is 2.41. The van der Waals surface area contributed by atoms with E-state index >= 15 is 0 Å². The van der Waals surface area contributed by atoms with Gasteiger partial charge >= 0.3 is 0 Å². The molecular weight excluding hydrogens is 238 g/mol. The second kappa shape index (κ2) is 5.61. The summed E-state index contributed by atoms with van der Waals surface area (Å²) in [5.74, 6) is 0.142. The van der Waals surface area contributed by atoms with E-state index in [0.29, 0.717) is 6.04 Å². The molecule has 0 radical (unpaired) electrons. The minimum Gasteiger partial charge on any atom is -0.378 e. The second-order valence-corrected chi connectivity index (χ2v) is 5.53. The normalized spacial score (nSPS) is 20.4. The first kappa shape index (κ1) is 13.9. The van der Waals surface area contributed by atoms with Crippen molar-refractivity contribution in [3.8, 4) is 0 Å². The molecule has 1 unspecified atom stereocenters. The van der Waals surface area contributed by atoms with Gasteiger partial charge in [0, 0.05) is 51.0 Å². The minimum absolute atomic E-state index is 0.142. The number of rotatable bonds is 2. The van der Waals surface area contributed by atoms with Crippen LogP contribution in [0, 0.1) is 0 Å². The molecule has 104 valence electrons. The Bertz CT molecular complexity index is 458. The van der Waals surface area contributed by atoms with Gasteiger partial charge in [-0.1, -0.05) is 6.07 Å². The van der Waals surface area contributed by atoms with Crippen molar-refractivity contribution in [2.24, 2.45) is 0 Å².